The van der Waals surface area contributed by atoms with Gasteiger partial charge < -0.3 is 24.8 Å². The van der Waals surface area contributed by atoms with Crippen LogP contribution in [0.5, 0.6) is 0 Å². The minimum Gasteiger partial charge on any atom is -0.394 e. The SMILES string of the molecule is O=S(=O)(O)O[C@H]1[C@H](OCc2ccccc2)O[C@H](CO)[C@@H](O)[C@@H]1O. The smallest absolute Gasteiger partial charge is 0.394 e. The maximum Gasteiger partial charge on any atom is 0.397 e. The molecule has 10 heteroatoms. The lowest BCUT2D eigenvalue weighted by Crippen LogP contribution is -2.60. The van der Waals surface area contributed by atoms with Gasteiger partial charge in [0.1, 0.15) is 18.3 Å². The summed E-state index contributed by atoms with van der Waals surface area (Å²) in [5, 5.41) is 28.8. The first-order chi connectivity index (χ1) is 10.8. The number of benzene rings is 1. The summed E-state index contributed by atoms with van der Waals surface area (Å²) in [6.07, 6.45) is -7.65. The zero-order valence-electron chi connectivity index (χ0n) is 11.9. The number of hydrogen-bond donors (Lipinski definition) is 4. The van der Waals surface area contributed by atoms with E-state index in [4.69, 9.17) is 19.1 Å². The molecule has 0 amide bonds. The molecule has 1 fully saturated rings. The van der Waals surface area contributed by atoms with Gasteiger partial charge in [0.05, 0.1) is 13.2 Å². The molecule has 1 aliphatic rings. The van der Waals surface area contributed by atoms with Crippen LogP contribution >= 0.6 is 0 Å². The van der Waals surface area contributed by atoms with Crippen molar-refractivity contribution in [1.82, 2.24) is 0 Å². The molecule has 0 saturated carbocycles. The molecule has 2 rings (SSSR count). The topological polar surface area (TPSA) is 143 Å². The molecule has 1 saturated heterocycles. The molecule has 1 aromatic carbocycles. The Morgan fingerprint density at radius 3 is 2.35 bits per heavy atom. The van der Waals surface area contributed by atoms with Gasteiger partial charge in [0, 0.05) is 0 Å². The summed E-state index contributed by atoms with van der Waals surface area (Å²) >= 11 is 0. The second-order valence-electron chi connectivity index (χ2n) is 4.99. The summed E-state index contributed by atoms with van der Waals surface area (Å²) in [6, 6.07) is 8.82. The molecule has 9 nitrogen and oxygen atoms in total. The first-order valence-corrected chi connectivity index (χ1v) is 8.12. The molecule has 0 bridgehead atoms. The van der Waals surface area contributed by atoms with E-state index in [9.17, 15) is 18.6 Å². The van der Waals surface area contributed by atoms with Gasteiger partial charge in [-0.1, -0.05) is 30.3 Å². The van der Waals surface area contributed by atoms with Gasteiger partial charge in [0.2, 0.25) is 0 Å². The highest BCUT2D eigenvalue weighted by Crippen LogP contribution is 2.26. The molecule has 0 unspecified atom stereocenters. The van der Waals surface area contributed by atoms with Crippen molar-refractivity contribution in [2.45, 2.75) is 37.3 Å². The summed E-state index contributed by atoms with van der Waals surface area (Å²) in [4.78, 5) is 0. The predicted octanol–water partition coefficient (Wildman–Crippen LogP) is -1.17. The van der Waals surface area contributed by atoms with Crippen molar-refractivity contribution < 1.29 is 41.9 Å². The molecular formula is C13H18O9S. The van der Waals surface area contributed by atoms with Crippen LogP contribution in [0.25, 0.3) is 0 Å². The van der Waals surface area contributed by atoms with Crippen molar-refractivity contribution in [2.75, 3.05) is 6.61 Å². The Hall–Kier alpha value is -1.11. The number of aliphatic hydroxyl groups excluding tert-OH is 3. The molecule has 130 valence electrons. The Balaban J connectivity index is 2.13. The normalized spacial score (nSPS) is 31.9. The summed E-state index contributed by atoms with van der Waals surface area (Å²) < 4.78 is 45.5. The second-order valence-corrected chi connectivity index (χ2v) is 6.04. The minimum atomic E-state index is -4.91. The van der Waals surface area contributed by atoms with E-state index in [0.717, 1.165) is 5.56 Å². The van der Waals surface area contributed by atoms with E-state index in [1.807, 2.05) is 0 Å². The van der Waals surface area contributed by atoms with Gasteiger partial charge in [-0.3, -0.25) is 4.55 Å². The maximum absolute atomic E-state index is 10.9. The van der Waals surface area contributed by atoms with Crippen LogP contribution in [-0.2, 0) is 30.7 Å². The van der Waals surface area contributed by atoms with Crippen molar-refractivity contribution >= 4 is 10.4 Å². The molecule has 5 atom stereocenters. The van der Waals surface area contributed by atoms with Gasteiger partial charge in [-0.15, -0.1) is 0 Å². The third-order valence-electron chi connectivity index (χ3n) is 3.31. The number of rotatable bonds is 6. The maximum atomic E-state index is 10.9. The fourth-order valence-corrected chi connectivity index (χ4v) is 2.67. The largest absolute Gasteiger partial charge is 0.397 e. The van der Waals surface area contributed by atoms with Crippen molar-refractivity contribution in [2.24, 2.45) is 0 Å². The molecule has 1 aliphatic heterocycles. The van der Waals surface area contributed by atoms with E-state index in [0.29, 0.717) is 0 Å². The summed E-state index contributed by atoms with van der Waals surface area (Å²) in [6.45, 7) is -0.625. The van der Waals surface area contributed by atoms with Gasteiger partial charge >= 0.3 is 10.4 Å². The van der Waals surface area contributed by atoms with Gasteiger partial charge in [-0.25, -0.2) is 4.18 Å². The monoisotopic (exact) mass is 350 g/mol. The van der Waals surface area contributed by atoms with Crippen molar-refractivity contribution in [3.63, 3.8) is 0 Å². The zero-order chi connectivity index (χ0) is 17.0. The van der Waals surface area contributed by atoms with E-state index in [-0.39, 0.29) is 6.61 Å². The van der Waals surface area contributed by atoms with E-state index >= 15 is 0 Å². The van der Waals surface area contributed by atoms with Crippen molar-refractivity contribution in [1.29, 1.82) is 0 Å². The molecule has 0 spiro atoms. The van der Waals surface area contributed by atoms with Crippen LogP contribution in [0.3, 0.4) is 0 Å². The van der Waals surface area contributed by atoms with Crippen LogP contribution in [0.1, 0.15) is 5.56 Å². The van der Waals surface area contributed by atoms with Crippen LogP contribution in [0.4, 0.5) is 0 Å². The molecule has 0 radical (unpaired) electrons. The molecule has 1 aromatic rings. The molecular weight excluding hydrogens is 332 g/mol. The standard InChI is InChI=1S/C13H18O9S/c14-6-9-10(15)11(16)12(22-23(17,18)19)13(21-9)20-7-8-4-2-1-3-5-8/h1-5,9-16H,6-7H2,(H,17,18,19)/t9-,10-,11+,12-,13-/m1/s1. The third kappa shape index (κ3) is 4.93. The van der Waals surface area contributed by atoms with E-state index < -0.39 is 47.7 Å². The molecule has 4 N–H and O–H groups in total. The highest BCUT2D eigenvalue weighted by atomic mass is 32.3. The Kier molecular flexibility index (Phi) is 6.06. The lowest BCUT2D eigenvalue weighted by Gasteiger charge is -2.40. The van der Waals surface area contributed by atoms with Crippen LogP contribution < -0.4 is 0 Å². The van der Waals surface area contributed by atoms with Gasteiger partial charge in [0.15, 0.2) is 12.4 Å². The second kappa shape index (κ2) is 7.64. The lowest BCUT2D eigenvalue weighted by molar-refractivity contribution is -0.298. The van der Waals surface area contributed by atoms with Gasteiger partial charge in [0.25, 0.3) is 0 Å². The van der Waals surface area contributed by atoms with Gasteiger partial charge in [-0.2, -0.15) is 8.42 Å². The number of aliphatic hydroxyl groups is 3. The van der Waals surface area contributed by atoms with Crippen molar-refractivity contribution in [3.05, 3.63) is 35.9 Å². The highest BCUT2D eigenvalue weighted by molar-refractivity contribution is 7.80. The molecule has 23 heavy (non-hydrogen) atoms. The first kappa shape index (κ1) is 18.2. The summed E-state index contributed by atoms with van der Waals surface area (Å²) in [5.41, 5.74) is 0.739. The first-order valence-electron chi connectivity index (χ1n) is 6.75. The fraction of sp³-hybridized carbons (Fsp3) is 0.538. The molecule has 0 aliphatic carbocycles. The summed E-state index contributed by atoms with van der Waals surface area (Å²) in [7, 11) is -4.91. The lowest BCUT2D eigenvalue weighted by atomic mass is 9.99. The van der Waals surface area contributed by atoms with E-state index in [1.165, 1.54) is 0 Å². The Labute approximate surface area is 133 Å². The predicted molar refractivity (Wildman–Crippen MR) is 75.4 cm³/mol. The third-order valence-corrected chi connectivity index (χ3v) is 3.78. The Morgan fingerprint density at radius 1 is 1.13 bits per heavy atom. The van der Waals surface area contributed by atoms with E-state index in [2.05, 4.69) is 4.18 Å². The average Bonchev–Trinajstić information content (AvgIpc) is 2.51. The quantitative estimate of drug-likeness (QED) is 0.467. The Bertz CT molecular complexity index is 591. The summed E-state index contributed by atoms with van der Waals surface area (Å²) in [5.74, 6) is 0. The van der Waals surface area contributed by atoms with Crippen LogP contribution in [-0.4, -0.2) is 65.6 Å². The Morgan fingerprint density at radius 2 is 1.78 bits per heavy atom. The van der Waals surface area contributed by atoms with Gasteiger partial charge in [-0.05, 0) is 5.56 Å². The zero-order valence-corrected chi connectivity index (χ0v) is 12.7. The van der Waals surface area contributed by atoms with Crippen LogP contribution in [0.2, 0.25) is 0 Å². The van der Waals surface area contributed by atoms with E-state index in [1.54, 1.807) is 30.3 Å². The molecule has 0 aromatic heterocycles. The number of hydrogen-bond acceptors (Lipinski definition) is 8. The van der Waals surface area contributed by atoms with Crippen molar-refractivity contribution in [3.8, 4) is 0 Å². The average molecular weight is 350 g/mol. The van der Waals surface area contributed by atoms with Crippen LogP contribution in [0, 0.1) is 0 Å². The number of ether oxygens (including phenoxy) is 2. The highest BCUT2D eigenvalue weighted by Gasteiger charge is 2.47. The molecule has 1 heterocycles. The fourth-order valence-electron chi connectivity index (χ4n) is 2.19. The minimum absolute atomic E-state index is 0.00218. The van der Waals surface area contributed by atoms with Crippen LogP contribution in [0.15, 0.2) is 30.3 Å².